The van der Waals surface area contributed by atoms with E-state index in [1.165, 1.54) is 0 Å². The van der Waals surface area contributed by atoms with Gasteiger partial charge in [0.25, 0.3) is 5.91 Å². The van der Waals surface area contributed by atoms with Crippen molar-refractivity contribution in [2.45, 2.75) is 26.2 Å². The lowest BCUT2D eigenvalue weighted by Gasteiger charge is -2.21. The number of aryl methyl sites for hydroxylation is 1. The summed E-state index contributed by atoms with van der Waals surface area (Å²) in [5, 5.41) is 9.12. The molecule has 3 rings (SSSR count). The number of amides is 2. The first kappa shape index (κ1) is 20.9. The van der Waals surface area contributed by atoms with Gasteiger partial charge in [-0.3, -0.25) is 9.59 Å². The molecule has 2 aromatic rings. The van der Waals surface area contributed by atoms with Crippen molar-refractivity contribution in [1.82, 2.24) is 10.6 Å². The highest BCUT2D eigenvalue weighted by atomic mass is 16.5. The lowest BCUT2D eigenvalue weighted by Crippen LogP contribution is -2.38. The molecule has 0 aromatic heterocycles. The number of hydrogen-bond acceptors (Lipinski definition) is 4. The van der Waals surface area contributed by atoms with Gasteiger partial charge in [-0.15, -0.1) is 0 Å². The molecule has 6 heteroatoms. The third-order valence-electron chi connectivity index (χ3n) is 5.02. The number of anilines is 1. The molecule has 1 saturated heterocycles. The molecule has 0 unspecified atom stereocenters. The topological polar surface area (TPSA) is 79.5 Å². The molecule has 0 saturated carbocycles. The fraction of sp³-hybridized carbons (Fsp3) is 0.391. The molecule has 154 valence electrons. The highest BCUT2D eigenvalue weighted by Gasteiger charge is 2.20. The van der Waals surface area contributed by atoms with Crippen LogP contribution >= 0.6 is 0 Å². The number of rotatable bonds is 8. The lowest BCUT2D eigenvalue weighted by molar-refractivity contribution is -0.125. The molecule has 6 nitrogen and oxygen atoms in total. The summed E-state index contributed by atoms with van der Waals surface area (Å²) in [7, 11) is 0. The second kappa shape index (κ2) is 10.6. The van der Waals surface area contributed by atoms with E-state index in [-0.39, 0.29) is 24.3 Å². The van der Waals surface area contributed by atoms with Crippen molar-refractivity contribution in [3.63, 3.8) is 0 Å². The van der Waals surface area contributed by atoms with Crippen LogP contribution in [-0.4, -0.2) is 38.1 Å². The second-order valence-electron chi connectivity index (χ2n) is 7.42. The predicted octanol–water partition coefficient (Wildman–Crippen LogP) is 2.67. The van der Waals surface area contributed by atoms with Gasteiger partial charge in [0, 0.05) is 18.2 Å². The molecular formula is C23H29N3O3. The first-order valence-electron chi connectivity index (χ1n) is 10.2. The Labute approximate surface area is 172 Å². The maximum atomic E-state index is 12.1. The van der Waals surface area contributed by atoms with Crippen LogP contribution in [0, 0.1) is 12.8 Å². The molecule has 0 spiro atoms. The van der Waals surface area contributed by atoms with E-state index in [1.54, 1.807) is 0 Å². The fourth-order valence-electron chi connectivity index (χ4n) is 3.38. The highest BCUT2D eigenvalue weighted by molar-refractivity contribution is 5.91. The molecule has 0 aliphatic carbocycles. The second-order valence-corrected chi connectivity index (χ2v) is 7.42. The Bertz CT molecular complexity index is 814. The van der Waals surface area contributed by atoms with Crippen molar-refractivity contribution in [2.24, 2.45) is 5.92 Å². The van der Waals surface area contributed by atoms with Crippen LogP contribution in [0.15, 0.2) is 48.5 Å². The Balaban J connectivity index is 1.37. The average molecular weight is 396 g/mol. The van der Waals surface area contributed by atoms with Gasteiger partial charge in [-0.1, -0.05) is 24.3 Å². The van der Waals surface area contributed by atoms with Crippen LogP contribution < -0.4 is 20.7 Å². The van der Waals surface area contributed by atoms with E-state index < -0.39 is 0 Å². The molecule has 1 fully saturated rings. The van der Waals surface area contributed by atoms with Crippen LogP contribution in [-0.2, 0) is 16.0 Å². The third-order valence-corrected chi connectivity index (χ3v) is 5.02. The van der Waals surface area contributed by atoms with E-state index in [2.05, 4.69) is 16.0 Å². The Kier molecular flexibility index (Phi) is 7.64. The summed E-state index contributed by atoms with van der Waals surface area (Å²) in [6.07, 6.45) is 2.59. The van der Waals surface area contributed by atoms with Gasteiger partial charge in [0.1, 0.15) is 5.75 Å². The Hall–Kier alpha value is -2.86. The van der Waals surface area contributed by atoms with E-state index in [4.69, 9.17) is 4.74 Å². The molecule has 3 N–H and O–H groups in total. The normalized spacial score (nSPS) is 14.2. The minimum atomic E-state index is -0.194. The molecule has 1 aliphatic rings. The predicted molar refractivity (Wildman–Crippen MR) is 114 cm³/mol. The highest BCUT2D eigenvalue weighted by Crippen LogP contribution is 2.14. The smallest absolute Gasteiger partial charge is 0.262 e. The van der Waals surface area contributed by atoms with E-state index in [0.29, 0.717) is 12.3 Å². The number of carbonyl (C=O) groups excluding carboxylic acids is 2. The third kappa shape index (κ3) is 6.91. The summed E-state index contributed by atoms with van der Waals surface area (Å²) < 4.78 is 5.56. The van der Waals surface area contributed by atoms with Crippen molar-refractivity contribution in [3.8, 4) is 5.75 Å². The number of benzene rings is 2. The SMILES string of the molecule is Cc1cccc(NC(=O)COc2ccc(CCNC(=O)C3CCNCC3)cc2)c1. The molecular weight excluding hydrogens is 366 g/mol. The van der Waals surface area contributed by atoms with Crippen molar-refractivity contribution in [2.75, 3.05) is 31.6 Å². The zero-order valence-electron chi connectivity index (χ0n) is 16.9. The summed E-state index contributed by atoms with van der Waals surface area (Å²) in [6, 6.07) is 15.3. The van der Waals surface area contributed by atoms with Crippen molar-refractivity contribution in [1.29, 1.82) is 0 Å². The first-order chi connectivity index (χ1) is 14.1. The minimum absolute atomic E-state index is 0.0421. The summed E-state index contributed by atoms with van der Waals surface area (Å²) in [6.45, 7) is 4.40. The van der Waals surface area contributed by atoms with E-state index >= 15 is 0 Å². The fourth-order valence-corrected chi connectivity index (χ4v) is 3.38. The van der Waals surface area contributed by atoms with Gasteiger partial charge in [0.15, 0.2) is 6.61 Å². The van der Waals surface area contributed by atoms with Crippen molar-refractivity contribution >= 4 is 17.5 Å². The van der Waals surface area contributed by atoms with E-state index in [0.717, 1.165) is 49.2 Å². The maximum absolute atomic E-state index is 12.1. The van der Waals surface area contributed by atoms with Gasteiger partial charge in [-0.25, -0.2) is 0 Å². The van der Waals surface area contributed by atoms with Crippen LogP contribution in [0.4, 0.5) is 5.69 Å². The monoisotopic (exact) mass is 395 g/mol. The molecule has 0 atom stereocenters. The maximum Gasteiger partial charge on any atom is 0.262 e. The van der Waals surface area contributed by atoms with Gasteiger partial charge in [0.05, 0.1) is 0 Å². The van der Waals surface area contributed by atoms with Gasteiger partial charge in [-0.05, 0) is 74.7 Å². The van der Waals surface area contributed by atoms with Gasteiger partial charge in [-0.2, -0.15) is 0 Å². The molecule has 0 bridgehead atoms. The summed E-state index contributed by atoms with van der Waals surface area (Å²) in [5.41, 5.74) is 2.97. The molecule has 29 heavy (non-hydrogen) atoms. The van der Waals surface area contributed by atoms with Crippen LogP contribution in [0.1, 0.15) is 24.0 Å². The molecule has 0 radical (unpaired) electrons. The standard InChI is InChI=1S/C23H29N3O3/c1-17-3-2-4-20(15-17)26-22(27)16-29-21-7-5-18(6-8-21)9-14-25-23(28)19-10-12-24-13-11-19/h2-8,15,19,24H,9-14,16H2,1H3,(H,25,28)(H,26,27). The van der Waals surface area contributed by atoms with Crippen LogP contribution in [0.2, 0.25) is 0 Å². The number of carbonyl (C=O) groups is 2. The van der Waals surface area contributed by atoms with Gasteiger partial charge in [0.2, 0.25) is 5.91 Å². The summed E-state index contributed by atoms with van der Waals surface area (Å²) in [4.78, 5) is 24.2. The summed E-state index contributed by atoms with van der Waals surface area (Å²) >= 11 is 0. The lowest BCUT2D eigenvalue weighted by atomic mass is 9.97. The van der Waals surface area contributed by atoms with E-state index in [1.807, 2.05) is 55.5 Å². The Morgan fingerprint density at radius 3 is 2.59 bits per heavy atom. The quantitative estimate of drug-likeness (QED) is 0.642. The van der Waals surface area contributed by atoms with Crippen LogP contribution in [0.25, 0.3) is 0 Å². The largest absolute Gasteiger partial charge is 0.484 e. The average Bonchev–Trinajstić information content (AvgIpc) is 2.74. The number of piperidine rings is 1. The van der Waals surface area contributed by atoms with E-state index in [9.17, 15) is 9.59 Å². The number of nitrogens with one attached hydrogen (secondary N) is 3. The Morgan fingerprint density at radius 1 is 1.10 bits per heavy atom. The molecule has 1 aliphatic heterocycles. The number of hydrogen-bond donors (Lipinski definition) is 3. The summed E-state index contributed by atoms with van der Waals surface area (Å²) in [5.74, 6) is 0.747. The first-order valence-corrected chi connectivity index (χ1v) is 10.2. The molecule has 2 amide bonds. The minimum Gasteiger partial charge on any atom is -0.484 e. The van der Waals surface area contributed by atoms with Crippen molar-refractivity contribution < 1.29 is 14.3 Å². The van der Waals surface area contributed by atoms with Crippen molar-refractivity contribution in [3.05, 3.63) is 59.7 Å². The van der Waals surface area contributed by atoms with Gasteiger partial charge >= 0.3 is 0 Å². The van der Waals surface area contributed by atoms with Crippen LogP contribution in [0.3, 0.4) is 0 Å². The molecule has 2 aromatic carbocycles. The zero-order valence-corrected chi connectivity index (χ0v) is 16.9. The Morgan fingerprint density at radius 2 is 1.86 bits per heavy atom. The number of ether oxygens (including phenoxy) is 1. The zero-order chi connectivity index (χ0) is 20.5. The molecule has 1 heterocycles. The van der Waals surface area contributed by atoms with Crippen LogP contribution in [0.5, 0.6) is 5.75 Å². The van der Waals surface area contributed by atoms with Gasteiger partial charge < -0.3 is 20.7 Å².